The summed E-state index contributed by atoms with van der Waals surface area (Å²) in [5.74, 6) is -2.50. The number of rotatable bonds is 4. The van der Waals surface area contributed by atoms with Crippen LogP contribution in [-0.2, 0) is 19.8 Å². The number of benzene rings is 1. The van der Waals surface area contributed by atoms with Crippen molar-refractivity contribution in [3.05, 3.63) is 35.9 Å². The van der Waals surface area contributed by atoms with Gasteiger partial charge in [-0.3, -0.25) is 14.4 Å². The van der Waals surface area contributed by atoms with Crippen LogP contribution >= 0.6 is 0 Å². The van der Waals surface area contributed by atoms with E-state index in [1.165, 1.54) is 4.90 Å². The Balaban J connectivity index is 1.89. The van der Waals surface area contributed by atoms with Crippen LogP contribution in [0.2, 0.25) is 0 Å². The van der Waals surface area contributed by atoms with E-state index >= 15 is 0 Å². The molecule has 1 aliphatic heterocycles. The number of hydrogen-bond donors (Lipinski definition) is 2. The molecule has 0 spiro atoms. The van der Waals surface area contributed by atoms with E-state index in [1.807, 2.05) is 30.3 Å². The Kier molecular flexibility index (Phi) is 3.08. The standard InChI is InChI=1S/C17H19NO5/c1-15(2,11-6-4-3-5-7-11)12(19)18-9-16(13(20)21)8-17(16,10-18)14(22)23/h3-7H,8-10H2,1-2H3,(H,20,21)(H,22,23)/t16-,17+. The molecule has 1 aromatic carbocycles. The Morgan fingerprint density at radius 1 is 1.00 bits per heavy atom. The van der Waals surface area contributed by atoms with Crippen molar-refractivity contribution in [2.24, 2.45) is 10.8 Å². The maximum Gasteiger partial charge on any atom is 0.312 e. The quantitative estimate of drug-likeness (QED) is 0.874. The van der Waals surface area contributed by atoms with Crippen LogP contribution in [-0.4, -0.2) is 46.0 Å². The summed E-state index contributed by atoms with van der Waals surface area (Å²) in [4.78, 5) is 37.4. The van der Waals surface area contributed by atoms with Crippen molar-refractivity contribution in [3.8, 4) is 0 Å². The summed E-state index contributed by atoms with van der Waals surface area (Å²) in [5.41, 5.74) is -2.68. The first kappa shape index (κ1) is 15.5. The van der Waals surface area contributed by atoms with Gasteiger partial charge in [0.1, 0.15) is 10.8 Å². The third-order valence-corrected chi connectivity index (χ3v) is 5.45. The molecule has 1 heterocycles. The molecule has 2 aliphatic rings. The molecule has 6 nitrogen and oxygen atoms in total. The summed E-state index contributed by atoms with van der Waals surface area (Å²) in [7, 11) is 0. The Morgan fingerprint density at radius 2 is 1.48 bits per heavy atom. The maximum absolute atomic E-state index is 12.9. The highest BCUT2D eigenvalue weighted by atomic mass is 16.4. The lowest BCUT2D eigenvalue weighted by Gasteiger charge is -2.31. The molecule has 23 heavy (non-hydrogen) atoms. The summed E-state index contributed by atoms with van der Waals surface area (Å²) in [6.45, 7) is 3.47. The SMILES string of the molecule is CC(C)(C(=O)N1C[C@@]2(C(=O)O)C[C@@]2(C(=O)O)C1)c1ccccc1. The average molecular weight is 317 g/mol. The summed E-state index contributed by atoms with van der Waals surface area (Å²) < 4.78 is 0. The Morgan fingerprint density at radius 3 is 1.91 bits per heavy atom. The molecule has 122 valence electrons. The summed E-state index contributed by atoms with van der Waals surface area (Å²) >= 11 is 0. The van der Waals surface area contributed by atoms with E-state index in [1.54, 1.807) is 13.8 Å². The van der Waals surface area contributed by atoms with E-state index in [4.69, 9.17) is 0 Å². The van der Waals surface area contributed by atoms with Crippen LogP contribution in [0.4, 0.5) is 0 Å². The number of carboxylic acids is 2. The molecule has 0 unspecified atom stereocenters. The van der Waals surface area contributed by atoms with Crippen LogP contribution in [0.1, 0.15) is 25.8 Å². The zero-order chi connectivity index (χ0) is 17.0. The molecule has 0 aromatic heterocycles. The Labute approximate surface area is 133 Å². The second-order valence-electron chi connectivity index (χ2n) is 7.10. The average Bonchev–Trinajstić information content (AvgIpc) is 3.06. The smallest absolute Gasteiger partial charge is 0.312 e. The Bertz CT molecular complexity index is 670. The van der Waals surface area contributed by atoms with Crippen molar-refractivity contribution in [2.75, 3.05) is 13.1 Å². The predicted octanol–water partition coefficient (Wildman–Crippen LogP) is 1.35. The van der Waals surface area contributed by atoms with Crippen molar-refractivity contribution >= 4 is 17.8 Å². The van der Waals surface area contributed by atoms with Crippen LogP contribution < -0.4 is 0 Å². The molecule has 1 saturated heterocycles. The van der Waals surface area contributed by atoms with E-state index in [2.05, 4.69) is 0 Å². The van der Waals surface area contributed by atoms with Gasteiger partial charge in [-0.15, -0.1) is 0 Å². The molecule has 2 N–H and O–H groups in total. The number of piperidine rings is 1. The third-order valence-electron chi connectivity index (χ3n) is 5.45. The first-order chi connectivity index (χ1) is 10.7. The monoisotopic (exact) mass is 317 g/mol. The van der Waals surface area contributed by atoms with Gasteiger partial charge < -0.3 is 15.1 Å². The fraction of sp³-hybridized carbons (Fsp3) is 0.471. The van der Waals surface area contributed by atoms with Gasteiger partial charge in [0, 0.05) is 13.1 Å². The van der Waals surface area contributed by atoms with Crippen LogP contribution in [0.25, 0.3) is 0 Å². The zero-order valence-corrected chi connectivity index (χ0v) is 13.1. The first-order valence-corrected chi connectivity index (χ1v) is 7.49. The van der Waals surface area contributed by atoms with Crippen LogP contribution in [0.3, 0.4) is 0 Å². The van der Waals surface area contributed by atoms with Gasteiger partial charge in [-0.05, 0) is 25.8 Å². The molecule has 1 aliphatic carbocycles. The van der Waals surface area contributed by atoms with Gasteiger partial charge in [0.15, 0.2) is 0 Å². The van der Waals surface area contributed by atoms with Crippen molar-refractivity contribution in [1.29, 1.82) is 0 Å². The highest BCUT2D eigenvalue weighted by Crippen LogP contribution is 2.68. The summed E-state index contributed by atoms with van der Waals surface area (Å²) in [5, 5.41) is 18.9. The molecule has 2 atom stereocenters. The summed E-state index contributed by atoms with van der Waals surface area (Å²) in [6, 6.07) is 9.21. The van der Waals surface area contributed by atoms with Gasteiger partial charge in [-0.1, -0.05) is 30.3 Å². The highest BCUT2D eigenvalue weighted by Gasteiger charge is 2.81. The van der Waals surface area contributed by atoms with E-state index in [-0.39, 0.29) is 25.4 Å². The second kappa shape index (κ2) is 4.57. The fourth-order valence-electron chi connectivity index (χ4n) is 3.81. The molecular formula is C17H19NO5. The van der Waals surface area contributed by atoms with E-state index in [0.717, 1.165) is 5.56 Å². The number of carbonyl (C=O) groups is 3. The minimum absolute atomic E-state index is 0.0380. The van der Waals surface area contributed by atoms with E-state index < -0.39 is 28.2 Å². The van der Waals surface area contributed by atoms with Crippen molar-refractivity contribution in [2.45, 2.75) is 25.7 Å². The molecule has 0 radical (unpaired) electrons. The van der Waals surface area contributed by atoms with Crippen molar-refractivity contribution in [3.63, 3.8) is 0 Å². The number of aliphatic carboxylic acids is 2. The van der Waals surface area contributed by atoms with Crippen molar-refractivity contribution < 1.29 is 24.6 Å². The molecular weight excluding hydrogens is 298 g/mol. The molecule has 0 bridgehead atoms. The lowest BCUT2D eigenvalue weighted by atomic mass is 9.83. The molecule has 3 rings (SSSR count). The van der Waals surface area contributed by atoms with Crippen molar-refractivity contribution in [1.82, 2.24) is 4.90 Å². The zero-order valence-electron chi connectivity index (χ0n) is 13.1. The molecule has 1 saturated carbocycles. The lowest BCUT2D eigenvalue weighted by Crippen LogP contribution is -2.44. The molecule has 2 fully saturated rings. The number of likely N-dealkylation sites (tertiary alicyclic amines) is 1. The molecule has 1 amide bonds. The topological polar surface area (TPSA) is 94.9 Å². The lowest BCUT2D eigenvalue weighted by molar-refractivity contribution is -0.151. The van der Waals surface area contributed by atoms with Gasteiger partial charge in [0.25, 0.3) is 0 Å². The summed E-state index contributed by atoms with van der Waals surface area (Å²) in [6.07, 6.45) is 0.0974. The van der Waals surface area contributed by atoms with E-state index in [9.17, 15) is 24.6 Å². The third kappa shape index (κ3) is 1.90. The number of carboxylic acid groups (broad SMARTS) is 2. The fourth-order valence-corrected chi connectivity index (χ4v) is 3.81. The van der Waals surface area contributed by atoms with Crippen LogP contribution in [0.15, 0.2) is 30.3 Å². The van der Waals surface area contributed by atoms with Crippen LogP contribution in [0, 0.1) is 10.8 Å². The first-order valence-electron chi connectivity index (χ1n) is 7.49. The highest BCUT2D eigenvalue weighted by molar-refractivity contribution is 5.97. The van der Waals surface area contributed by atoms with Gasteiger partial charge in [-0.25, -0.2) is 0 Å². The molecule has 1 aromatic rings. The molecule has 6 heteroatoms. The van der Waals surface area contributed by atoms with Gasteiger partial charge in [0.05, 0.1) is 5.41 Å². The normalized spacial score (nSPS) is 29.0. The van der Waals surface area contributed by atoms with Gasteiger partial charge in [-0.2, -0.15) is 0 Å². The number of carbonyl (C=O) groups excluding carboxylic acids is 1. The largest absolute Gasteiger partial charge is 0.481 e. The Hall–Kier alpha value is -2.37. The van der Waals surface area contributed by atoms with E-state index in [0.29, 0.717) is 0 Å². The number of fused-ring (bicyclic) bond motifs is 1. The maximum atomic E-state index is 12.9. The minimum Gasteiger partial charge on any atom is -0.481 e. The number of amides is 1. The predicted molar refractivity (Wildman–Crippen MR) is 80.8 cm³/mol. The minimum atomic E-state index is -1.33. The van der Waals surface area contributed by atoms with Gasteiger partial charge in [0.2, 0.25) is 5.91 Å². The second-order valence-corrected chi connectivity index (χ2v) is 7.10. The number of nitrogens with zero attached hydrogens (tertiary/aromatic N) is 1. The van der Waals surface area contributed by atoms with Gasteiger partial charge >= 0.3 is 11.9 Å². The van der Waals surface area contributed by atoms with Crippen LogP contribution in [0.5, 0.6) is 0 Å². The number of hydrogen-bond acceptors (Lipinski definition) is 3.